The van der Waals surface area contributed by atoms with Crippen molar-refractivity contribution in [2.45, 2.75) is 51.5 Å². The summed E-state index contributed by atoms with van der Waals surface area (Å²) in [6, 6.07) is 0.300. The first-order chi connectivity index (χ1) is 11.6. The van der Waals surface area contributed by atoms with E-state index in [1.165, 1.54) is 19.3 Å². The van der Waals surface area contributed by atoms with E-state index >= 15 is 0 Å². The average Bonchev–Trinajstić information content (AvgIpc) is 3.05. The van der Waals surface area contributed by atoms with Crippen LogP contribution in [0.1, 0.15) is 45.4 Å². The molecule has 24 heavy (non-hydrogen) atoms. The molecule has 0 aromatic carbocycles. The quantitative estimate of drug-likeness (QED) is 0.601. The van der Waals surface area contributed by atoms with Gasteiger partial charge in [0.25, 0.3) is 0 Å². The molecule has 1 amide bonds. The minimum absolute atomic E-state index is 0.219. The van der Waals surface area contributed by atoms with Gasteiger partial charge in [0.2, 0.25) is 5.91 Å². The second-order valence-corrected chi connectivity index (χ2v) is 7.98. The molecule has 3 fully saturated rings. The predicted octanol–water partition coefficient (Wildman–Crippen LogP) is 1.37. The van der Waals surface area contributed by atoms with Crippen LogP contribution >= 0.6 is 0 Å². The molecule has 0 aromatic heterocycles. The fourth-order valence-electron chi connectivity index (χ4n) is 3.92. The number of hydrogen-bond donors (Lipinski definition) is 2. The molecule has 1 atom stereocenters. The molecular weight excluding hydrogens is 304 g/mol. The lowest BCUT2D eigenvalue weighted by molar-refractivity contribution is -0.135. The number of aliphatic imine (C=N–C) groups is 1. The van der Waals surface area contributed by atoms with Gasteiger partial charge < -0.3 is 20.3 Å². The summed E-state index contributed by atoms with van der Waals surface area (Å²) in [5.41, 5.74) is 0.219. The van der Waals surface area contributed by atoms with Crippen LogP contribution in [-0.2, 0) is 9.53 Å². The Morgan fingerprint density at radius 3 is 2.62 bits per heavy atom. The van der Waals surface area contributed by atoms with Gasteiger partial charge in [-0.25, -0.2) is 0 Å². The highest BCUT2D eigenvalue weighted by atomic mass is 16.5. The van der Waals surface area contributed by atoms with E-state index in [2.05, 4.69) is 27.4 Å². The number of nitrogens with zero attached hydrogens (tertiary/aromatic N) is 2. The molecule has 2 N–H and O–H groups in total. The molecule has 3 aliphatic rings. The number of carbonyl (C=O) groups is 1. The molecule has 3 rings (SSSR count). The van der Waals surface area contributed by atoms with Crippen LogP contribution in [0.25, 0.3) is 0 Å². The van der Waals surface area contributed by atoms with Gasteiger partial charge in [-0.05, 0) is 19.3 Å². The smallest absolute Gasteiger partial charge is 0.225 e. The van der Waals surface area contributed by atoms with Gasteiger partial charge in [-0.15, -0.1) is 0 Å². The summed E-state index contributed by atoms with van der Waals surface area (Å²) >= 11 is 0. The van der Waals surface area contributed by atoms with Crippen LogP contribution in [0, 0.1) is 11.3 Å². The molecule has 2 heterocycles. The van der Waals surface area contributed by atoms with Gasteiger partial charge in [0.1, 0.15) is 0 Å². The first-order valence-electron chi connectivity index (χ1n) is 9.43. The standard InChI is InChI=1S/C18H32N4O2/c1-18(12-24-13-18)11-20-17(19-2)21-15-8-9-22(10-15)16(23)14-6-4-3-5-7-14/h14-15H,3-13H2,1-2H3,(H2,19,20,21). The van der Waals surface area contributed by atoms with Gasteiger partial charge in [-0.2, -0.15) is 0 Å². The number of hydrogen-bond acceptors (Lipinski definition) is 3. The van der Waals surface area contributed by atoms with E-state index in [1.54, 1.807) is 7.05 Å². The lowest BCUT2D eigenvalue weighted by Crippen LogP contribution is -2.52. The highest BCUT2D eigenvalue weighted by Gasteiger charge is 2.34. The molecule has 1 aliphatic carbocycles. The van der Waals surface area contributed by atoms with Crippen LogP contribution in [0.2, 0.25) is 0 Å². The van der Waals surface area contributed by atoms with Gasteiger partial charge in [-0.3, -0.25) is 9.79 Å². The Kier molecular flexibility index (Phi) is 5.64. The summed E-state index contributed by atoms with van der Waals surface area (Å²) in [6.07, 6.45) is 6.88. The van der Waals surface area contributed by atoms with E-state index in [0.29, 0.717) is 11.9 Å². The first kappa shape index (κ1) is 17.5. The van der Waals surface area contributed by atoms with E-state index in [9.17, 15) is 4.79 Å². The SMILES string of the molecule is CN=C(NCC1(C)COC1)NC1CCN(C(=O)C2CCCCC2)C1. The van der Waals surface area contributed by atoms with Crippen molar-refractivity contribution >= 4 is 11.9 Å². The lowest BCUT2D eigenvalue weighted by atomic mass is 9.88. The zero-order valence-electron chi connectivity index (χ0n) is 15.1. The maximum atomic E-state index is 12.6. The summed E-state index contributed by atoms with van der Waals surface area (Å²) < 4.78 is 5.29. The largest absolute Gasteiger partial charge is 0.380 e. The molecule has 2 saturated heterocycles. The molecule has 2 aliphatic heterocycles. The molecule has 6 nitrogen and oxygen atoms in total. The lowest BCUT2D eigenvalue weighted by Gasteiger charge is -2.38. The molecule has 1 saturated carbocycles. The Morgan fingerprint density at radius 2 is 2.00 bits per heavy atom. The molecule has 6 heteroatoms. The Labute approximate surface area is 145 Å². The zero-order chi connectivity index (χ0) is 17.0. The maximum absolute atomic E-state index is 12.6. The third-order valence-corrected chi connectivity index (χ3v) is 5.60. The monoisotopic (exact) mass is 336 g/mol. The third-order valence-electron chi connectivity index (χ3n) is 5.60. The number of guanidine groups is 1. The average molecular weight is 336 g/mol. The van der Waals surface area contributed by atoms with Crippen molar-refractivity contribution in [3.8, 4) is 0 Å². The minimum atomic E-state index is 0.219. The third kappa shape index (κ3) is 4.21. The van der Waals surface area contributed by atoms with Crippen molar-refractivity contribution < 1.29 is 9.53 Å². The topological polar surface area (TPSA) is 66.0 Å². The summed E-state index contributed by atoms with van der Waals surface area (Å²) in [5.74, 6) is 1.48. The summed E-state index contributed by atoms with van der Waals surface area (Å²) in [7, 11) is 1.80. The number of carbonyl (C=O) groups excluding carboxylic acids is 1. The van der Waals surface area contributed by atoms with Gasteiger partial charge in [0, 0.05) is 44.1 Å². The summed E-state index contributed by atoms with van der Waals surface area (Å²) in [4.78, 5) is 19.0. The summed E-state index contributed by atoms with van der Waals surface area (Å²) in [6.45, 7) is 6.38. The number of amides is 1. The number of rotatable bonds is 4. The molecule has 0 aromatic rings. The van der Waals surface area contributed by atoms with Crippen LogP contribution in [0.15, 0.2) is 4.99 Å². The van der Waals surface area contributed by atoms with Crippen LogP contribution in [0.3, 0.4) is 0 Å². The van der Waals surface area contributed by atoms with Crippen LogP contribution < -0.4 is 10.6 Å². The fourth-order valence-corrected chi connectivity index (χ4v) is 3.92. The Bertz CT molecular complexity index is 470. The van der Waals surface area contributed by atoms with Crippen LogP contribution in [0.5, 0.6) is 0 Å². The maximum Gasteiger partial charge on any atom is 0.225 e. The van der Waals surface area contributed by atoms with Gasteiger partial charge in [0.15, 0.2) is 5.96 Å². The van der Waals surface area contributed by atoms with E-state index in [-0.39, 0.29) is 11.3 Å². The zero-order valence-corrected chi connectivity index (χ0v) is 15.1. The Morgan fingerprint density at radius 1 is 1.25 bits per heavy atom. The van der Waals surface area contributed by atoms with Crippen molar-refractivity contribution in [1.82, 2.24) is 15.5 Å². The normalized spacial score (nSPS) is 27.7. The van der Waals surface area contributed by atoms with Crippen molar-refractivity contribution in [1.29, 1.82) is 0 Å². The van der Waals surface area contributed by atoms with Gasteiger partial charge >= 0.3 is 0 Å². The van der Waals surface area contributed by atoms with Crippen LogP contribution in [-0.4, -0.2) is 62.7 Å². The molecule has 1 unspecified atom stereocenters. The van der Waals surface area contributed by atoms with E-state index < -0.39 is 0 Å². The summed E-state index contributed by atoms with van der Waals surface area (Å²) in [5, 5.41) is 6.88. The second kappa shape index (κ2) is 7.72. The van der Waals surface area contributed by atoms with E-state index in [1.807, 2.05) is 0 Å². The highest BCUT2D eigenvalue weighted by Crippen LogP contribution is 2.27. The van der Waals surface area contributed by atoms with Crippen molar-refractivity contribution in [2.75, 3.05) is 39.9 Å². The molecule has 0 bridgehead atoms. The van der Waals surface area contributed by atoms with E-state index in [0.717, 1.165) is 58.1 Å². The molecule has 0 spiro atoms. The van der Waals surface area contributed by atoms with Crippen molar-refractivity contribution in [3.63, 3.8) is 0 Å². The minimum Gasteiger partial charge on any atom is -0.380 e. The van der Waals surface area contributed by atoms with Crippen molar-refractivity contribution in [2.24, 2.45) is 16.3 Å². The molecular formula is C18H32N4O2. The second-order valence-electron chi connectivity index (χ2n) is 7.98. The van der Waals surface area contributed by atoms with Crippen molar-refractivity contribution in [3.05, 3.63) is 0 Å². The number of likely N-dealkylation sites (tertiary alicyclic amines) is 1. The van der Waals surface area contributed by atoms with Gasteiger partial charge in [-0.1, -0.05) is 26.2 Å². The van der Waals surface area contributed by atoms with Gasteiger partial charge in [0.05, 0.1) is 13.2 Å². The van der Waals surface area contributed by atoms with E-state index in [4.69, 9.17) is 4.74 Å². The fraction of sp³-hybridized carbons (Fsp3) is 0.889. The predicted molar refractivity (Wildman–Crippen MR) is 95.0 cm³/mol. The highest BCUT2D eigenvalue weighted by molar-refractivity contribution is 5.81. The van der Waals surface area contributed by atoms with Crippen LogP contribution in [0.4, 0.5) is 0 Å². The number of nitrogens with one attached hydrogen (secondary N) is 2. The first-order valence-corrected chi connectivity index (χ1v) is 9.43. The Hall–Kier alpha value is -1.30. The molecule has 0 radical (unpaired) electrons. The number of ether oxygens (including phenoxy) is 1. The Balaban J connectivity index is 1.43. The molecule has 136 valence electrons.